The smallest absolute Gasteiger partial charge is 0.345 e. The second-order valence-electron chi connectivity index (χ2n) is 7.92. The zero-order valence-electron chi connectivity index (χ0n) is 18.5. The van der Waals surface area contributed by atoms with Gasteiger partial charge in [0.25, 0.3) is 5.91 Å². The Kier molecular flexibility index (Phi) is 10.3. The molecule has 1 N–H and O–H groups in total. The van der Waals surface area contributed by atoms with Crippen LogP contribution in [0.2, 0.25) is 0 Å². The van der Waals surface area contributed by atoms with E-state index in [0.717, 1.165) is 43.4 Å². The fraction of sp³-hybridized carbons (Fsp3) is 0.458. The lowest BCUT2D eigenvalue weighted by Crippen LogP contribution is -2.28. The van der Waals surface area contributed by atoms with Crippen LogP contribution in [0.4, 0.5) is 11.4 Å². The molecule has 8 heteroatoms. The molecule has 2 aromatic rings. The van der Waals surface area contributed by atoms with Gasteiger partial charge in [0, 0.05) is 17.7 Å². The maximum atomic E-state index is 12.8. The molecule has 0 aliphatic carbocycles. The van der Waals surface area contributed by atoms with Gasteiger partial charge in [-0.05, 0) is 18.1 Å². The van der Waals surface area contributed by atoms with Crippen molar-refractivity contribution in [2.24, 2.45) is 0 Å². The average Bonchev–Trinajstić information content (AvgIpc) is 2.79. The van der Waals surface area contributed by atoms with Gasteiger partial charge in [-0.2, -0.15) is 0 Å². The number of nitrogens with one attached hydrogen (secondary N) is 1. The molecule has 0 spiro atoms. The summed E-state index contributed by atoms with van der Waals surface area (Å²) >= 11 is 0. The molecule has 1 unspecified atom stereocenters. The molecule has 1 amide bonds. The Labute approximate surface area is 188 Å². The second kappa shape index (κ2) is 13.2. The van der Waals surface area contributed by atoms with Crippen LogP contribution in [0, 0.1) is 20.2 Å². The number of rotatable bonds is 14. The van der Waals surface area contributed by atoms with Crippen LogP contribution < -0.4 is 5.32 Å². The fourth-order valence-corrected chi connectivity index (χ4v) is 3.70. The first-order valence-electron chi connectivity index (χ1n) is 11.2. The van der Waals surface area contributed by atoms with Crippen molar-refractivity contribution in [3.8, 4) is 0 Å². The van der Waals surface area contributed by atoms with Crippen molar-refractivity contribution in [1.82, 2.24) is 5.32 Å². The predicted molar refractivity (Wildman–Crippen MR) is 124 cm³/mol. The van der Waals surface area contributed by atoms with E-state index in [2.05, 4.69) is 12.2 Å². The van der Waals surface area contributed by atoms with Crippen molar-refractivity contribution in [1.29, 1.82) is 0 Å². The number of unbranched alkanes of at least 4 members (excludes halogenated alkanes) is 7. The van der Waals surface area contributed by atoms with Gasteiger partial charge in [0.15, 0.2) is 0 Å². The SMILES string of the molecule is CCCCCCCCCCC(NC(=O)c1ccc([N+](=O)[O-])c([N+](=O)[O-])c1)c1ccccc1. The molecule has 0 saturated heterocycles. The summed E-state index contributed by atoms with van der Waals surface area (Å²) in [5, 5.41) is 25.2. The van der Waals surface area contributed by atoms with E-state index < -0.39 is 27.1 Å². The summed E-state index contributed by atoms with van der Waals surface area (Å²) < 4.78 is 0. The minimum atomic E-state index is -0.843. The molecule has 0 aromatic heterocycles. The molecular formula is C24H31N3O5. The topological polar surface area (TPSA) is 115 Å². The first kappa shape index (κ1) is 25.0. The van der Waals surface area contributed by atoms with Crippen LogP contribution in [0.1, 0.15) is 86.7 Å². The highest BCUT2D eigenvalue weighted by atomic mass is 16.6. The molecule has 1 atom stereocenters. The summed E-state index contributed by atoms with van der Waals surface area (Å²) in [6, 6.07) is 12.6. The highest BCUT2D eigenvalue weighted by Gasteiger charge is 2.26. The van der Waals surface area contributed by atoms with Gasteiger partial charge in [-0.25, -0.2) is 0 Å². The predicted octanol–water partition coefficient (Wildman–Crippen LogP) is 6.50. The molecule has 0 radical (unpaired) electrons. The van der Waals surface area contributed by atoms with Crippen molar-refractivity contribution in [3.05, 3.63) is 79.9 Å². The molecule has 0 saturated carbocycles. The van der Waals surface area contributed by atoms with E-state index in [1.54, 1.807) is 0 Å². The summed E-state index contributed by atoms with van der Waals surface area (Å²) in [5.41, 5.74) is -0.341. The third-order valence-electron chi connectivity index (χ3n) is 5.48. The number of hydrogen-bond donors (Lipinski definition) is 1. The van der Waals surface area contributed by atoms with Crippen molar-refractivity contribution in [3.63, 3.8) is 0 Å². The lowest BCUT2D eigenvalue weighted by molar-refractivity contribution is -0.422. The van der Waals surface area contributed by atoms with E-state index in [9.17, 15) is 25.0 Å². The van der Waals surface area contributed by atoms with E-state index in [1.807, 2.05) is 30.3 Å². The number of nitro groups is 2. The van der Waals surface area contributed by atoms with Gasteiger partial charge in [0.2, 0.25) is 0 Å². The maximum Gasteiger partial charge on any atom is 0.346 e. The lowest BCUT2D eigenvalue weighted by atomic mass is 9.98. The normalized spacial score (nSPS) is 11.7. The number of hydrogen-bond acceptors (Lipinski definition) is 5. The Bertz CT molecular complexity index is 902. The number of carbonyl (C=O) groups excluding carboxylic acids is 1. The fourth-order valence-electron chi connectivity index (χ4n) is 3.70. The molecule has 0 aliphatic rings. The average molecular weight is 442 g/mol. The Balaban J connectivity index is 2.03. The number of carbonyl (C=O) groups is 1. The van der Waals surface area contributed by atoms with Crippen molar-refractivity contribution < 1.29 is 14.6 Å². The first-order valence-corrected chi connectivity index (χ1v) is 11.2. The summed E-state index contributed by atoms with van der Waals surface area (Å²) in [6.07, 6.45) is 10.2. The molecule has 0 bridgehead atoms. The minimum absolute atomic E-state index is 0.0270. The van der Waals surface area contributed by atoms with Crippen LogP contribution in [-0.4, -0.2) is 15.8 Å². The molecule has 0 fully saturated rings. The lowest BCUT2D eigenvalue weighted by Gasteiger charge is -2.19. The van der Waals surface area contributed by atoms with Crippen LogP contribution in [-0.2, 0) is 0 Å². The summed E-state index contributed by atoms with van der Waals surface area (Å²) in [7, 11) is 0. The van der Waals surface area contributed by atoms with Crippen molar-refractivity contribution >= 4 is 17.3 Å². The second-order valence-corrected chi connectivity index (χ2v) is 7.92. The number of nitrogens with zero attached hydrogens (tertiary/aromatic N) is 2. The molecule has 172 valence electrons. The van der Waals surface area contributed by atoms with Crippen LogP contribution >= 0.6 is 0 Å². The zero-order valence-corrected chi connectivity index (χ0v) is 18.5. The monoisotopic (exact) mass is 441 g/mol. The van der Waals surface area contributed by atoms with Gasteiger partial charge in [-0.1, -0.05) is 88.6 Å². The molecule has 0 heterocycles. The Morgan fingerprint density at radius 3 is 2.03 bits per heavy atom. The van der Waals surface area contributed by atoms with E-state index in [0.29, 0.717) is 0 Å². The molecule has 2 rings (SSSR count). The summed E-state index contributed by atoms with van der Waals surface area (Å²) in [5.74, 6) is -0.489. The van der Waals surface area contributed by atoms with Crippen LogP contribution in [0.25, 0.3) is 0 Å². The van der Waals surface area contributed by atoms with Crippen molar-refractivity contribution in [2.45, 2.75) is 70.8 Å². The standard InChI is InChI=1S/C24H31N3O5/c1-2-3-4-5-6-7-8-12-15-21(19-13-10-9-11-14-19)25-24(28)20-16-17-22(26(29)30)23(18-20)27(31)32/h9-11,13-14,16-18,21H,2-8,12,15H2,1H3,(H,25,28). The van der Waals surface area contributed by atoms with Crippen LogP contribution in [0.3, 0.4) is 0 Å². The van der Waals surface area contributed by atoms with E-state index in [-0.39, 0.29) is 11.6 Å². The van der Waals surface area contributed by atoms with Gasteiger partial charge in [-0.3, -0.25) is 25.0 Å². The number of amides is 1. The number of nitro benzene ring substituents is 2. The van der Waals surface area contributed by atoms with E-state index in [1.165, 1.54) is 38.2 Å². The Morgan fingerprint density at radius 1 is 0.844 bits per heavy atom. The van der Waals surface area contributed by atoms with Crippen LogP contribution in [0.15, 0.2) is 48.5 Å². The number of benzene rings is 2. The molecule has 0 aliphatic heterocycles. The maximum absolute atomic E-state index is 12.8. The highest BCUT2D eigenvalue weighted by molar-refractivity contribution is 5.95. The van der Waals surface area contributed by atoms with E-state index in [4.69, 9.17) is 0 Å². The van der Waals surface area contributed by atoms with Gasteiger partial charge in [0.05, 0.1) is 15.9 Å². The summed E-state index contributed by atoms with van der Waals surface area (Å²) in [4.78, 5) is 33.4. The molecular weight excluding hydrogens is 410 g/mol. The van der Waals surface area contributed by atoms with Gasteiger partial charge in [-0.15, -0.1) is 0 Å². The van der Waals surface area contributed by atoms with Gasteiger partial charge >= 0.3 is 11.4 Å². The third kappa shape index (κ3) is 7.76. The zero-order chi connectivity index (χ0) is 23.3. The van der Waals surface area contributed by atoms with Crippen LogP contribution in [0.5, 0.6) is 0 Å². The third-order valence-corrected chi connectivity index (χ3v) is 5.48. The molecule has 32 heavy (non-hydrogen) atoms. The molecule has 2 aromatic carbocycles. The largest absolute Gasteiger partial charge is 0.346 e. The Hall–Kier alpha value is -3.29. The molecule has 8 nitrogen and oxygen atoms in total. The van der Waals surface area contributed by atoms with E-state index >= 15 is 0 Å². The first-order chi connectivity index (χ1) is 15.4. The van der Waals surface area contributed by atoms with Gasteiger partial charge < -0.3 is 5.32 Å². The summed E-state index contributed by atoms with van der Waals surface area (Å²) in [6.45, 7) is 2.20. The Morgan fingerprint density at radius 2 is 1.44 bits per heavy atom. The van der Waals surface area contributed by atoms with Gasteiger partial charge in [0.1, 0.15) is 0 Å². The quantitative estimate of drug-likeness (QED) is 0.204. The minimum Gasteiger partial charge on any atom is -0.345 e. The highest BCUT2D eigenvalue weighted by Crippen LogP contribution is 2.28. The van der Waals surface area contributed by atoms with Crippen molar-refractivity contribution in [2.75, 3.05) is 0 Å².